The Morgan fingerprint density at radius 2 is 1.07 bits per heavy atom. The highest BCUT2D eigenvalue weighted by molar-refractivity contribution is 6.07. The topological polar surface area (TPSA) is 155 Å². The van der Waals surface area contributed by atoms with Crippen LogP contribution in [0.3, 0.4) is 0 Å². The zero-order valence-electron chi connectivity index (χ0n) is 29.5. The van der Waals surface area contributed by atoms with Crippen molar-refractivity contribution in [2.45, 2.75) is 5.92 Å². The fourth-order valence-corrected chi connectivity index (χ4v) is 8.65. The summed E-state index contributed by atoms with van der Waals surface area (Å²) in [5, 5.41) is 86.0. The minimum atomic E-state index is -1.30. The molecule has 272 valence electrons. The number of benzene rings is 7. The second kappa shape index (κ2) is 12.2. The molecule has 0 radical (unpaired) electrons. The van der Waals surface area contributed by atoms with E-state index in [4.69, 9.17) is 4.42 Å². The number of aliphatic hydroxyl groups is 4. The second-order valence-corrected chi connectivity index (χ2v) is 14.2. The predicted octanol–water partition coefficient (Wildman–Crippen LogP) is 11.4. The number of fused-ring (bicyclic) bond motifs is 6. The SMILES string of the molecule is OC1=C(O)C2=C(c3ccc4oc5ccccc5c4c3)c3c(O)c(-c4ccccc4)c(O)c(O)c3C(c3ccc(-c4ccc5ccccc5c4)cc3)C2C(O)=C1O. The van der Waals surface area contributed by atoms with Crippen LogP contribution in [0.15, 0.2) is 173 Å². The molecule has 1 aromatic heterocycles. The van der Waals surface area contributed by atoms with Gasteiger partial charge in [0.2, 0.25) is 11.5 Å². The Bertz CT molecular complexity index is 3040. The molecule has 0 saturated carbocycles. The third-order valence-electron chi connectivity index (χ3n) is 11.3. The third-order valence-corrected chi connectivity index (χ3v) is 11.3. The second-order valence-electron chi connectivity index (χ2n) is 14.2. The van der Waals surface area contributed by atoms with Crippen LogP contribution in [0.4, 0.5) is 0 Å². The van der Waals surface area contributed by atoms with Crippen molar-refractivity contribution in [1.82, 2.24) is 0 Å². The van der Waals surface area contributed by atoms with Crippen LogP contribution in [-0.4, -0.2) is 35.7 Å². The molecule has 0 aliphatic heterocycles. The van der Waals surface area contributed by atoms with Crippen molar-refractivity contribution in [2.24, 2.45) is 5.92 Å². The van der Waals surface area contributed by atoms with Gasteiger partial charge in [-0.1, -0.05) is 115 Å². The van der Waals surface area contributed by atoms with E-state index in [0.29, 0.717) is 33.2 Å². The van der Waals surface area contributed by atoms with Crippen molar-refractivity contribution in [2.75, 3.05) is 0 Å². The molecule has 2 aliphatic rings. The molecule has 0 saturated heterocycles. The molecule has 8 heteroatoms. The van der Waals surface area contributed by atoms with E-state index in [9.17, 15) is 35.7 Å². The van der Waals surface area contributed by atoms with Crippen molar-refractivity contribution in [3.05, 3.63) is 190 Å². The number of rotatable bonds is 4. The van der Waals surface area contributed by atoms with E-state index < -0.39 is 52.1 Å². The molecule has 7 N–H and O–H groups in total. The van der Waals surface area contributed by atoms with Gasteiger partial charge in [0.05, 0.1) is 11.5 Å². The summed E-state index contributed by atoms with van der Waals surface area (Å²) in [6.07, 6.45) is 0. The molecule has 2 aliphatic carbocycles. The van der Waals surface area contributed by atoms with E-state index in [-0.39, 0.29) is 27.8 Å². The number of hydrogen-bond donors (Lipinski definition) is 7. The Morgan fingerprint density at radius 3 is 1.86 bits per heavy atom. The largest absolute Gasteiger partial charge is 0.508 e. The molecule has 0 amide bonds. The molecule has 2 unspecified atom stereocenters. The van der Waals surface area contributed by atoms with E-state index in [1.807, 2.05) is 91.0 Å². The molecule has 10 rings (SSSR count). The van der Waals surface area contributed by atoms with Gasteiger partial charge in [-0.3, -0.25) is 0 Å². The maximum atomic E-state index is 12.5. The molecule has 0 fully saturated rings. The lowest BCUT2D eigenvalue weighted by atomic mass is 9.64. The van der Waals surface area contributed by atoms with Crippen LogP contribution in [0.5, 0.6) is 17.2 Å². The number of phenolic OH excluding ortho intramolecular Hbond substituents is 3. The fraction of sp³-hybridized carbons (Fsp3) is 0.0417. The maximum Gasteiger partial charge on any atom is 0.204 e. The summed E-state index contributed by atoms with van der Waals surface area (Å²) in [6.45, 7) is 0. The van der Waals surface area contributed by atoms with Crippen LogP contribution in [0, 0.1) is 5.92 Å². The van der Waals surface area contributed by atoms with Crippen LogP contribution < -0.4 is 0 Å². The van der Waals surface area contributed by atoms with E-state index in [0.717, 1.165) is 27.3 Å². The minimum absolute atomic E-state index is 0.000424. The van der Waals surface area contributed by atoms with Crippen molar-refractivity contribution < 1.29 is 40.2 Å². The first kappa shape index (κ1) is 33.0. The van der Waals surface area contributed by atoms with E-state index in [1.165, 1.54) is 0 Å². The minimum Gasteiger partial charge on any atom is -0.508 e. The normalized spacial score (nSPS) is 16.9. The molecule has 8 nitrogen and oxygen atoms in total. The molecule has 1 heterocycles. The Morgan fingerprint density at radius 1 is 0.411 bits per heavy atom. The molecule has 0 bridgehead atoms. The van der Waals surface area contributed by atoms with Gasteiger partial charge in [0, 0.05) is 39.0 Å². The lowest BCUT2D eigenvalue weighted by molar-refractivity contribution is 0.217. The lowest BCUT2D eigenvalue weighted by Gasteiger charge is -2.40. The average Bonchev–Trinajstić information content (AvgIpc) is 3.61. The molecule has 2 atom stereocenters. The van der Waals surface area contributed by atoms with Gasteiger partial charge in [-0.15, -0.1) is 0 Å². The van der Waals surface area contributed by atoms with Gasteiger partial charge < -0.3 is 40.2 Å². The van der Waals surface area contributed by atoms with Gasteiger partial charge in [0.1, 0.15) is 22.7 Å². The van der Waals surface area contributed by atoms with Gasteiger partial charge >= 0.3 is 0 Å². The Balaban J connectivity index is 1.28. The summed E-state index contributed by atoms with van der Waals surface area (Å²) in [7, 11) is 0. The monoisotopic (exact) mass is 736 g/mol. The van der Waals surface area contributed by atoms with Gasteiger partial charge in [-0.2, -0.15) is 0 Å². The molecule has 56 heavy (non-hydrogen) atoms. The molecule has 0 spiro atoms. The first-order valence-corrected chi connectivity index (χ1v) is 18.1. The van der Waals surface area contributed by atoms with Gasteiger partial charge in [-0.25, -0.2) is 0 Å². The van der Waals surface area contributed by atoms with E-state index in [1.54, 1.807) is 42.5 Å². The van der Waals surface area contributed by atoms with E-state index >= 15 is 0 Å². The number of furan rings is 1. The predicted molar refractivity (Wildman–Crippen MR) is 216 cm³/mol. The molecular formula is C48H32O8. The number of para-hydroxylation sites is 1. The number of aliphatic hydroxyl groups excluding tert-OH is 4. The highest BCUT2D eigenvalue weighted by Crippen LogP contribution is 2.62. The highest BCUT2D eigenvalue weighted by Gasteiger charge is 2.49. The smallest absolute Gasteiger partial charge is 0.204 e. The third kappa shape index (κ3) is 4.72. The zero-order chi connectivity index (χ0) is 38.4. The van der Waals surface area contributed by atoms with E-state index in [2.05, 4.69) is 6.07 Å². The quantitative estimate of drug-likeness (QED) is 0.0696. The standard InChI is InChI=1S/C48H32O8/c49-42-37(26-9-2-1-3-10-26)43(50)44(51)39-35(27-17-14-25(15-18-27)29-19-16-24-8-4-5-11-28(24)22-29)40-41(46(53)48(55)47(54)45(40)52)36(38(39)42)30-20-21-34-32(23-30)31-12-6-7-13-33(31)56-34/h1-23,35,40,49-55H. The summed E-state index contributed by atoms with van der Waals surface area (Å²) >= 11 is 0. The van der Waals surface area contributed by atoms with Crippen molar-refractivity contribution in [1.29, 1.82) is 0 Å². The summed E-state index contributed by atoms with van der Waals surface area (Å²) in [5.74, 6) is -7.20. The van der Waals surface area contributed by atoms with Gasteiger partial charge in [0.25, 0.3) is 0 Å². The Hall–Kier alpha value is -7.58. The zero-order valence-corrected chi connectivity index (χ0v) is 29.5. The van der Waals surface area contributed by atoms with Crippen molar-refractivity contribution in [3.8, 4) is 39.5 Å². The van der Waals surface area contributed by atoms with Gasteiger partial charge in [-0.05, 0) is 62.9 Å². The summed E-state index contributed by atoms with van der Waals surface area (Å²) in [5.41, 5.74) is 4.64. The summed E-state index contributed by atoms with van der Waals surface area (Å²) in [6, 6.07) is 43.0. The molecule has 7 aromatic carbocycles. The first-order valence-electron chi connectivity index (χ1n) is 18.1. The Kier molecular flexibility index (Phi) is 7.21. The fourth-order valence-electron chi connectivity index (χ4n) is 8.65. The summed E-state index contributed by atoms with van der Waals surface area (Å²) < 4.78 is 6.10. The van der Waals surface area contributed by atoms with Crippen molar-refractivity contribution >= 4 is 38.3 Å². The highest BCUT2D eigenvalue weighted by atomic mass is 16.4. The van der Waals surface area contributed by atoms with Crippen LogP contribution >= 0.6 is 0 Å². The number of hydrogen-bond acceptors (Lipinski definition) is 8. The van der Waals surface area contributed by atoms with Crippen LogP contribution in [-0.2, 0) is 0 Å². The van der Waals surface area contributed by atoms with Gasteiger partial charge in [0.15, 0.2) is 17.3 Å². The number of aromatic hydroxyl groups is 3. The molecular weight excluding hydrogens is 705 g/mol. The lowest BCUT2D eigenvalue weighted by Crippen LogP contribution is -2.30. The van der Waals surface area contributed by atoms with Crippen LogP contribution in [0.25, 0.3) is 60.5 Å². The first-order chi connectivity index (χ1) is 27.2. The number of phenols is 3. The number of allylic oxidation sites excluding steroid dienone is 2. The molecule has 8 aromatic rings. The average molecular weight is 737 g/mol. The summed E-state index contributed by atoms with van der Waals surface area (Å²) in [4.78, 5) is 0. The van der Waals surface area contributed by atoms with Crippen LogP contribution in [0.1, 0.15) is 28.2 Å². The van der Waals surface area contributed by atoms with Crippen molar-refractivity contribution in [3.63, 3.8) is 0 Å². The van der Waals surface area contributed by atoms with Crippen LogP contribution in [0.2, 0.25) is 0 Å². The maximum absolute atomic E-state index is 12.5. The Labute approximate surface area is 319 Å².